The summed E-state index contributed by atoms with van der Waals surface area (Å²) in [6.45, 7) is 11.1. The Kier molecular flexibility index (Phi) is 9.12. The number of hydrogen-bond acceptors (Lipinski definition) is 5. The van der Waals surface area contributed by atoms with Gasteiger partial charge in [-0.1, -0.05) is 50.2 Å². The van der Waals surface area contributed by atoms with Crippen molar-refractivity contribution >= 4 is 5.69 Å². The van der Waals surface area contributed by atoms with Gasteiger partial charge in [-0.15, -0.1) is 0 Å². The number of allylic oxidation sites excluding steroid dienone is 1. The second kappa shape index (κ2) is 12.9. The van der Waals surface area contributed by atoms with Crippen molar-refractivity contribution < 1.29 is 14.9 Å². The largest absolute Gasteiger partial charge is 0.504 e. The van der Waals surface area contributed by atoms with Gasteiger partial charge in [0.05, 0.1) is 6.10 Å². The third-order valence-electron chi connectivity index (χ3n) is 8.18. The fourth-order valence-corrected chi connectivity index (χ4v) is 5.87. The van der Waals surface area contributed by atoms with E-state index in [2.05, 4.69) is 84.3 Å². The lowest BCUT2D eigenvalue weighted by molar-refractivity contribution is 0.0573. The minimum Gasteiger partial charge on any atom is -0.504 e. The maximum atomic E-state index is 10.4. The highest BCUT2D eigenvalue weighted by molar-refractivity contribution is 5.70. The zero-order valence-electron chi connectivity index (χ0n) is 25.1. The Morgan fingerprint density at radius 1 is 0.878 bits per heavy atom. The van der Waals surface area contributed by atoms with Gasteiger partial charge in [0.2, 0.25) is 0 Å². The number of anilines is 1. The number of phenolic OH excluding ortho intramolecular Hbond substituents is 2. The number of para-hydroxylation sites is 1. The standard InChI is InChI=1S/C34H40N2O3.C2H6/c1-23(2)39-34(26-13-14-26)35-17-15-30(16-18-35)36(29-9-4-3-5-10-29)22-24-7-6-8-27(19-24)28-20-31(25-11-12-25)33(38)32(37)21-28;1-2/h3-10,19-21,23,25,30,37-38H,11-18,22H2,1-2H3;1-2H3. The quantitative estimate of drug-likeness (QED) is 0.205. The van der Waals surface area contributed by atoms with E-state index in [9.17, 15) is 10.2 Å². The maximum absolute atomic E-state index is 10.4. The van der Waals surface area contributed by atoms with E-state index in [1.807, 2.05) is 13.8 Å². The average molecular weight is 555 g/mol. The smallest absolute Gasteiger partial charge is 0.188 e. The molecular formula is C36H46N2O3. The van der Waals surface area contributed by atoms with Crippen LogP contribution < -0.4 is 4.90 Å². The van der Waals surface area contributed by atoms with Crippen LogP contribution in [0.4, 0.5) is 5.69 Å². The Morgan fingerprint density at radius 2 is 1.59 bits per heavy atom. The van der Waals surface area contributed by atoms with Crippen molar-refractivity contribution in [2.75, 3.05) is 18.0 Å². The van der Waals surface area contributed by atoms with Gasteiger partial charge in [-0.3, -0.25) is 0 Å². The van der Waals surface area contributed by atoms with Gasteiger partial charge in [-0.25, -0.2) is 0 Å². The fraction of sp³-hybridized carbons (Fsp3) is 0.444. The molecule has 3 aromatic carbocycles. The van der Waals surface area contributed by atoms with Gasteiger partial charge < -0.3 is 24.7 Å². The molecule has 1 saturated heterocycles. The molecule has 5 heteroatoms. The molecule has 1 heterocycles. The van der Waals surface area contributed by atoms with Gasteiger partial charge in [0, 0.05) is 36.9 Å². The lowest BCUT2D eigenvalue weighted by Gasteiger charge is -2.41. The number of nitrogens with zero attached hydrogens (tertiary/aromatic N) is 2. The fourth-order valence-electron chi connectivity index (χ4n) is 5.87. The molecule has 0 aromatic heterocycles. The Hall–Kier alpha value is -3.60. The molecule has 1 aliphatic heterocycles. The first kappa shape index (κ1) is 28.9. The zero-order valence-corrected chi connectivity index (χ0v) is 25.1. The Morgan fingerprint density at radius 3 is 2.22 bits per heavy atom. The van der Waals surface area contributed by atoms with Crippen LogP contribution in [-0.4, -0.2) is 40.3 Å². The molecule has 5 nitrogen and oxygen atoms in total. The minimum atomic E-state index is -0.0283. The highest BCUT2D eigenvalue weighted by Crippen LogP contribution is 2.48. The maximum Gasteiger partial charge on any atom is 0.188 e. The second-order valence-corrected chi connectivity index (χ2v) is 11.7. The monoisotopic (exact) mass is 554 g/mol. The SMILES string of the molecule is CC.CC(C)OC(=C1CC1)N1CCC(N(Cc2cccc(-c3cc(O)c(O)c(C4CC4)c3)c2)c2ccccc2)CC1. The summed E-state index contributed by atoms with van der Waals surface area (Å²) in [5.41, 5.74) is 6.86. The molecule has 0 radical (unpaired) electrons. The predicted octanol–water partition coefficient (Wildman–Crippen LogP) is 8.57. The molecule has 0 unspecified atom stereocenters. The molecular weight excluding hydrogens is 508 g/mol. The molecule has 0 spiro atoms. The van der Waals surface area contributed by atoms with Crippen LogP contribution in [0.5, 0.6) is 11.5 Å². The van der Waals surface area contributed by atoms with E-state index in [1.54, 1.807) is 6.07 Å². The van der Waals surface area contributed by atoms with E-state index in [0.29, 0.717) is 12.0 Å². The van der Waals surface area contributed by atoms with Gasteiger partial charge in [-0.05, 0) is 111 Å². The Balaban J connectivity index is 0.00000165. The second-order valence-electron chi connectivity index (χ2n) is 11.7. The number of ether oxygens (including phenoxy) is 1. The van der Waals surface area contributed by atoms with Crippen LogP contribution in [0, 0.1) is 0 Å². The third kappa shape index (κ3) is 7.01. The van der Waals surface area contributed by atoms with Crippen LogP contribution in [0.2, 0.25) is 0 Å². The molecule has 3 fully saturated rings. The summed E-state index contributed by atoms with van der Waals surface area (Å²) in [6, 6.07) is 23.6. The molecule has 41 heavy (non-hydrogen) atoms. The zero-order chi connectivity index (χ0) is 28.9. The summed E-state index contributed by atoms with van der Waals surface area (Å²) < 4.78 is 6.25. The van der Waals surface area contributed by atoms with E-state index in [4.69, 9.17) is 4.74 Å². The summed E-state index contributed by atoms with van der Waals surface area (Å²) in [4.78, 5) is 5.03. The number of phenols is 2. The molecule has 3 aliphatic rings. The lowest BCUT2D eigenvalue weighted by atomic mass is 9.97. The molecule has 0 atom stereocenters. The summed E-state index contributed by atoms with van der Waals surface area (Å²) in [7, 11) is 0. The van der Waals surface area contributed by atoms with Crippen molar-refractivity contribution in [2.45, 2.75) is 90.8 Å². The van der Waals surface area contributed by atoms with E-state index >= 15 is 0 Å². The van der Waals surface area contributed by atoms with Crippen molar-refractivity contribution in [2.24, 2.45) is 0 Å². The Bertz CT molecular complexity index is 1330. The average Bonchev–Trinajstić information content (AvgIpc) is 3.92. The van der Waals surface area contributed by atoms with Crippen molar-refractivity contribution in [3.63, 3.8) is 0 Å². The molecule has 2 N–H and O–H groups in total. The summed E-state index contributed by atoms with van der Waals surface area (Å²) in [6.07, 6.45) is 6.87. The molecule has 2 aliphatic carbocycles. The van der Waals surface area contributed by atoms with Gasteiger partial charge in [0.15, 0.2) is 17.4 Å². The van der Waals surface area contributed by atoms with Gasteiger partial charge >= 0.3 is 0 Å². The number of likely N-dealkylation sites (tertiary alicyclic amines) is 1. The van der Waals surface area contributed by atoms with Crippen molar-refractivity contribution in [3.8, 4) is 22.6 Å². The summed E-state index contributed by atoms with van der Waals surface area (Å²) in [5, 5.41) is 20.8. The molecule has 2 saturated carbocycles. The van der Waals surface area contributed by atoms with Gasteiger partial charge in [0.25, 0.3) is 0 Å². The first-order chi connectivity index (χ1) is 20.0. The summed E-state index contributed by atoms with van der Waals surface area (Å²) >= 11 is 0. The molecule has 3 aromatic rings. The van der Waals surface area contributed by atoms with E-state index in [-0.39, 0.29) is 17.6 Å². The normalized spacial score (nSPS) is 16.7. The topological polar surface area (TPSA) is 56.2 Å². The van der Waals surface area contributed by atoms with Crippen LogP contribution in [0.3, 0.4) is 0 Å². The van der Waals surface area contributed by atoms with Gasteiger partial charge in [0.1, 0.15) is 0 Å². The highest BCUT2D eigenvalue weighted by atomic mass is 16.5. The molecule has 0 bridgehead atoms. The van der Waals surface area contributed by atoms with Crippen LogP contribution >= 0.6 is 0 Å². The highest BCUT2D eigenvalue weighted by Gasteiger charge is 2.31. The van der Waals surface area contributed by atoms with Crippen LogP contribution in [0.25, 0.3) is 11.1 Å². The predicted molar refractivity (Wildman–Crippen MR) is 168 cm³/mol. The first-order valence-corrected chi connectivity index (χ1v) is 15.6. The van der Waals surface area contributed by atoms with Crippen LogP contribution in [0.1, 0.15) is 83.3 Å². The van der Waals surface area contributed by atoms with E-state index in [0.717, 1.165) is 67.9 Å². The van der Waals surface area contributed by atoms with Crippen LogP contribution in [0.15, 0.2) is 78.2 Å². The van der Waals surface area contributed by atoms with Crippen LogP contribution in [-0.2, 0) is 11.3 Å². The number of benzene rings is 3. The Labute approximate surface area is 246 Å². The lowest BCUT2D eigenvalue weighted by Crippen LogP contribution is -2.45. The van der Waals surface area contributed by atoms with Crippen molar-refractivity contribution in [1.82, 2.24) is 4.90 Å². The minimum absolute atomic E-state index is 0.0283. The van der Waals surface area contributed by atoms with Crippen molar-refractivity contribution in [3.05, 3.63) is 89.3 Å². The molecule has 6 rings (SSSR count). The first-order valence-electron chi connectivity index (χ1n) is 15.6. The number of piperidine rings is 1. The number of aromatic hydroxyl groups is 2. The van der Waals surface area contributed by atoms with Crippen molar-refractivity contribution in [1.29, 1.82) is 0 Å². The van der Waals surface area contributed by atoms with E-state index in [1.165, 1.54) is 29.7 Å². The van der Waals surface area contributed by atoms with Gasteiger partial charge in [-0.2, -0.15) is 0 Å². The molecule has 0 amide bonds. The third-order valence-corrected chi connectivity index (χ3v) is 8.18. The molecule has 218 valence electrons. The summed E-state index contributed by atoms with van der Waals surface area (Å²) in [5.74, 6) is 1.52. The number of rotatable bonds is 9. The number of hydrogen-bond donors (Lipinski definition) is 2. The van der Waals surface area contributed by atoms with E-state index < -0.39 is 0 Å².